The first-order chi connectivity index (χ1) is 22.5. The van der Waals surface area contributed by atoms with Gasteiger partial charge in [0.1, 0.15) is 5.75 Å². The predicted molar refractivity (Wildman–Crippen MR) is 196 cm³/mol. The van der Waals surface area contributed by atoms with Crippen molar-refractivity contribution in [2.75, 3.05) is 6.61 Å². The highest BCUT2D eigenvalue weighted by Crippen LogP contribution is 2.41. The predicted octanol–water partition coefficient (Wildman–Crippen LogP) is 10.6. The van der Waals surface area contributed by atoms with Gasteiger partial charge in [-0.15, -0.1) is 6.42 Å². The Morgan fingerprint density at radius 3 is 2.40 bits per heavy atom. The Morgan fingerprint density at radius 2 is 1.81 bits per heavy atom. The normalized spacial score (nSPS) is 16.3. The van der Waals surface area contributed by atoms with Gasteiger partial charge in [-0.2, -0.15) is 9.97 Å². The van der Waals surface area contributed by atoms with E-state index in [9.17, 15) is 5.11 Å². The number of hydrogen-bond acceptors (Lipinski definition) is 6. The average molecular weight is 635 g/mol. The van der Waals surface area contributed by atoms with Crippen LogP contribution in [0.1, 0.15) is 110 Å². The molecule has 3 atom stereocenters. The lowest BCUT2D eigenvalue weighted by Gasteiger charge is -2.29. The Balaban J connectivity index is 0.000000427. The summed E-state index contributed by atoms with van der Waals surface area (Å²) in [6.07, 6.45) is 17.0. The molecule has 1 saturated carbocycles. The third-order valence-corrected chi connectivity index (χ3v) is 9.99. The number of aromatic hydroxyl groups is 1. The number of phenols is 1. The summed E-state index contributed by atoms with van der Waals surface area (Å²) in [6, 6.07) is 9.60. The lowest BCUT2D eigenvalue weighted by Crippen LogP contribution is -2.26. The number of rotatable bonds is 13. The number of ether oxygens (including phenoxy) is 1. The number of nitrogens with one attached hydrogen (secondary N) is 1. The van der Waals surface area contributed by atoms with Gasteiger partial charge >= 0.3 is 6.01 Å². The average Bonchev–Trinajstić information content (AvgIpc) is 3.81. The lowest BCUT2D eigenvalue weighted by atomic mass is 9.81. The molecule has 2 heterocycles. The molecule has 4 aromatic rings. The molecule has 250 valence electrons. The summed E-state index contributed by atoms with van der Waals surface area (Å²) in [4.78, 5) is 14.3. The summed E-state index contributed by atoms with van der Waals surface area (Å²) in [5.74, 6) is 4.92. The zero-order valence-electron chi connectivity index (χ0n) is 29.8. The molecule has 0 saturated heterocycles. The maximum Gasteiger partial charge on any atom is 0.317 e. The summed E-state index contributed by atoms with van der Waals surface area (Å²) >= 11 is 0. The van der Waals surface area contributed by atoms with Crippen LogP contribution in [0.3, 0.4) is 0 Å². The molecule has 47 heavy (non-hydrogen) atoms. The number of nitrogens with zero attached hydrogens (tertiary/aromatic N) is 3. The van der Waals surface area contributed by atoms with Crippen LogP contribution < -0.4 is 4.74 Å². The van der Waals surface area contributed by atoms with Crippen LogP contribution in [0.25, 0.3) is 32.9 Å². The Labute approximate surface area is 282 Å². The molecule has 2 N–H and O–H groups in total. The van der Waals surface area contributed by atoms with Crippen molar-refractivity contribution in [2.24, 2.45) is 23.2 Å². The molecule has 3 unspecified atom stereocenters. The number of fused-ring (bicyclic) bond motifs is 2. The van der Waals surface area contributed by atoms with Crippen LogP contribution in [0.2, 0.25) is 0 Å². The fraction of sp³-hybridized carbons (Fsp3) is 0.512. The van der Waals surface area contributed by atoms with E-state index in [2.05, 4.69) is 52.4 Å². The zero-order chi connectivity index (χ0) is 34.3. The van der Waals surface area contributed by atoms with Gasteiger partial charge in [-0.3, -0.25) is 4.98 Å². The van der Waals surface area contributed by atoms with E-state index in [1.54, 1.807) is 18.3 Å². The number of phenolic OH excluding ortho intramolecular Hbond substituents is 1. The molecule has 0 bridgehead atoms. The molecule has 6 nitrogen and oxygen atoms in total. The van der Waals surface area contributed by atoms with Crippen LogP contribution in [-0.4, -0.2) is 32.4 Å². The minimum absolute atomic E-state index is 0.1000. The molecular formula is C41H54N4O2. The SMILES string of the molecule is C#Cc1cccc2cc(O)cc(-c3ncc4c(C)nc(OCC(C)(CCCC)CCCC)nc4c3C)c12.CCC(C)C(=N)C1CC1C. The second-order valence-electron chi connectivity index (χ2n) is 14.0. The smallest absolute Gasteiger partial charge is 0.317 e. The molecular weight excluding hydrogens is 580 g/mol. The summed E-state index contributed by atoms with van der Waals surface area (Å²) in [5, 5.41) is 20.9. The van der Waals surface area contributed by atoms with Crippen molar-refractivity contribution in [2.45, 2.75) is 107 Å². The van der Waals surface area contributed by atoms with Gasteiger partial charge < -0.3 is 15.3 Å². The van der Waals surface area contributed by atoms with Crippen LogP contribution in [-0.2, 0) is 0 Å². The van der Waals surface area contributed by atoms with Crippen LogP contribution in [0.5, 0.6) is 11.8 Å². The molecule has 2 aromatic heterocycles. The van der Waals surface area contributed by atoms with Crippen molar-refractivity contribution >= 4 is 27.4 Å². The third-order valence-electron chi connectivity index (χ3n) is 9.99. The fourth-order valence-corrected chi connectivity index (χ4v) is 6.45. The van der Waals surface area contributed by atoms with Crippen LogP contribution in [0.4, 0.5) is 0 Å². The lowest BCUT2D eigenvalue weighted by molar-refractivity contribution is 0.126. The number of pyridine rings is 1. The maximum atomic E-state index is 10.5. The third kappa shape index (κ3) is 8.49. The van der Waals surface area contributed by atoms with Crippen LogP contribution in [0, 0.1) is 54.8 Å². The summed E-state index contributed by atoms with van der Waals surface area (Å²) in [6.45, 7) is 17.9. The quantitative estimate of drug-likeness (QED) is 0.113. The topological polar surface area (TPSA) is 92.0 Å². The maximum absolute atomic E-state index is 10.5. The van der Waals surface area contributed by atoms with E-state index < -0.39 is 0 Å². The standard InChI is InChI=1S/C32H37N3O2.C9H17N/c1-7-10-15-32(6,16-11-8-2)20-37-31-34-22(5)27-19-33-29(21(4)30(27)35-31)26-18-25(36)17-24-14-12-13-23(9-3)28(24)26;1-4-6(2)9(10)8-5-7(8)3/h3,12-14,17-19,36H,7-8,10-11,15-16,20H2,1-2,4-6H3;6-8,10H,4-5H2,1-3H3. The first-order valence-electron chi connectivity index (χ1n) is 17.5. The van der Waals surface area contributed by atoms with Crippen molar-refractivity contribution in [3.05, 3.63) is 53.3 Å². The second-order valence-corrected chi connectivity index (χ2v) is 14.0. The molecule has 0 radical (unpaired) electrons. The molecule has 5 rings (SSSR count). The molecule has 2 aromatic carbocycles. The van der Waals surface area contributed by atoms with Crippen LogP contribution in [0.15, 0.2) is 36.5 Å². The molecule has 1 fully saturated rings. The van der Waals surface area contributed by atoms with Gasteiger partial charge in [0.2, 0.25) is 0 Å². The van der Waals surface area contributed by atoms with E-state index in [4.69, 9.17) is 26.5 Å². The molecule has 0 spiro atoms. The minimum Gasteiger partial charge on any atom is -0.508 e. The Morgan fingerprint density at radius 1 is 1.13 bits per heavy atom. The summed E-state index contributed by atoms with van der Waals surface area (Å²) in [7, 11) is 0. The summed E-state index contributed by atoms with van der Waals surface area (Å²) in [5.41, 5.74) is 5.89. The van der Waals surface area contributed by atoms with Crippen molar-refractivity contribution in [1.29, 1.82) is 5.41 Å². The van der Waals surface area contributed by atoms with Gasteiger partial charge in [0.15, 0.2) is 0 Å². The first-order valence-corrected chi connectivity index (χ1v) is 17.5. The summed E-state index contributed by atoms with van der Waals surface area (Å²) < 4.78 is 6.27. The monoisotopic (exact) mass is 634 g/mol. The highest BCUT2D eigenvalue weighted by molar-refractivity contribution is 6.03. The van der Waals surface area contributed by atoms with E-state index >= 15 is 0 Å². The number of unbranched alkanes of at least 4 members (excludes halogenated alkanes) is 2. The number of benzene rings is 2. The number of hydrogen-bond donors (Lipinski definition) is 2. The zero-order valence-corrected chi connectivity index (χ0v) is 29.8. The first kappa shape index (κ1) is 35.9. The fourth-order valence-electron chi connectivity index (χ4n) is 6.45. The highest BCUT2D eigenvalue weighted by Gasteiger charge is 2.37. The molecule has 0 aliphatic heterocycles. The van der Waals surface area contributed by atoms with E-state index in [0.717, 1.165) is 80.6 Å². The Kier molecular flexibility index (Phi) is 12.0. The Hall–Kier alpha value is -3.98. The Bertz CT molecular complexity index is 1740. The molecule has 1 aliphatic carbocycles. The van der Waals surface area contributed by atoms with Gasteiger partial charge in [-0.25, -0.2) is 0 Å². The van der Waals surface area contributed by atoms with Gasteiger partial charge in [-0.05, 0) is 80.9 Å². The van der Waals surface area contributed by atoms with Crippen LogP contribution >= 0.6 is 0 Å². The molecule has 6 heteroatoms. The van der Waals surface area contributed by atoms with Crippen molar-refractivity contribution in [1.82, 2.24) is 15.0 Å². The second kappa shape index (κ2) is 15.7. The number of aromatic nitrogens is 3. The van der Waals surface area contributed by atoms with Gasteiger partial charge in [-0.1, -0.05) is 85.3 Å². The van der Waals surface area contributed by atoms with E-state index in [1.165, 1.54) is 32.1 Å². The van der Waals surface area contributed by atoms with E-state index in [0.29, 0.717) is 24.5 Å². The van der Waals surface area contributed by atoms with E-state index in [1.807, 2.05) is 32.0 Å². The number of terminal acetylenes is 1. The highest BCUT2D eigenvalue weighted by atomic mass is 16.5. The van der Waals surface area contributed by atoms with Gasteiger partial charge in [0, 0.05) is 44.8 Å². The molecule has 1 aliphatic rings. The van der Waals surface area contributed by atoms with E-state index in [-0.39, 0.29) is 11.2 Å². The number of aryl methyl sites for hydroxylation is 2. The molecule has 0 amide bonds. The minimum atomic E-state index is 0.1000. The van der Waals surface area contributed by atoms with Gasteiger partial charge in [0.05, 0.1) is 23.5 Å². The van der Waals surface area contributed by atoms with Gasteiger partial charge in [0.25, 0.3) is 0 Å². The van der Waals surface area contributed by atoms with Crippen molar-refractivity contribution in [3.63, 3.8) is 0 Å². The van der Waals surface area contributed by atoms with Crippen molar-refractivity contribution < 1.29 is 9.84 Å². The largest absolute Gasteiger partial charge is 0.508 e. The van der Waals surface area contributed by atoms with Crippen molar-refractivity contribution in [3.8, 4) is 35.4 Å².